The average Bonchev–Trinajstić information content (AvgIpc) is 2.04. The molecule has 0 atom stereocenters. The third-order valence-corrected chi connectivity index (χ3v) is 1.21. The Labute approximate surface area is 76.3 Å². The van der Waals surface area contributed by atoms with E-state index in [1.807, 2.05) is 0 Å². The van der Waals surface area contributed by atoms with Crippen molar-refractivity contribution in [1.29, 1.82) is 0 Å². The minimum Gasteiger partial charge on any atom is -0.339 e. The molecular formula is C7H13N3O3. The molecule has 6 heteroatoms. The zero-order chi connectivity index (χ0) is 10.3. The number of hydrogen-bond donors (Lipinski definition) is 2. The van der Waals surface area contributed by atoms with Crippen molar-refractivity contribution in [3.8, 4) is 0 Å². The summed E-state index contributed by atoms with van der Waals surface area (Å²) in [5.74, 6) is -0.454. The van der Waals surface area contributed by atoms with Gasteiger partial charge in [0.2, 0.25) is 18.2 Å². The second-order valence-corrected chi connectivity index (χ2v) is 2.48. The Morgan fingerprint density at radius 1 is 1.15 bits per heavy atom. The number of carbonyl (C=O) groups excluding carboxylic acids is 3. The van der Waals surface area contributed by atoms with E-state index in [9.17, 15) is 14.4 Å². The van der Waals surface area contributed by atoms with Gasteiger partial charge in [0.1, 0.15) is 0 Å². The van der Waals surface area contributed by atoms with Crippen LogP contribution in [-0.4, -0.2) is 36.5 Å². The summed E-state index contributed by atoms with van der Waals surface area (Å²) < 4.78 is 0. The number of carbonyl (C=O) groups is 3. The Balaban J connectivity index is 3.69. The van der Waals surface area contributed by atoms with Crippen molar-refractivity contribution >= 4 is 18.2 Å². The molecule has 0 heterocycles. The topological polar surface area (TPSA) is 78.5 Å². The van der Waals surface area contributed by atoms with E-state index in [1.165, 1.54) is 18.7 Å². The molecule has 0 fully saturated rings. The summed E-state index contributed by atoms with van der Waals surface area (Å²) in [6, 6.07) is 0. The highest BCUT2D eigenvalue weighted by atomic mass is 16.2. The Morgan fingerprint density at radius 2 is 1.54 bits per heavy atom. The SMILES string of the molecule is CC(=O)NCN(C=O)CNC(C)=O. The first-order valence-corrected chi connectivity index (χ1v) is 3.74. The molecule has 2 N–H and O–H groups in total. The van der Waals surface area contributed by atoms with E-state index in [-0.39, 0.29) is 25.2 Å². The molecule has 74 valence electrons. The Kier molecular flexibility index (Phi) is 5.25. The zero-order valence-corrected chi connectivity index (χ0v) is 7.66. The van der Waals surface area contributed by atoms with Gasteiger partial charge in [-0.3, -0.25) is 14.4 Å². The number of nitrogens with zero attached hydrogens (tertiary/aromatic N) is 1. The highest BCUT2D eigenvalue weighted by Crippen LogP contribution is 1.76. The first kappa shape index (κ1) is 11.4. The van der Waals surface area contributed by atoms with Crippen molar-refractivity contribution in [1.82, 2.24) is 15.5 Å². The van der Waals surface area contributed by atoms with Gasteiger partial charge < -0.3 is 15.5 Å². The van der Waals surface area contributed by atoms with Crippen LogP contribution in [-0.2, 0) is 14.4 Å². The molecule has 0 saturated carbocycles. The maximum atomic E-state index is 10.5. The predicted molar refractivity (Wildman–Crippen MR) is 45.3 cm³/mol. The molecule has 3 amide bonds. The first-order chi connectivity index (χ1) is 6.06. The van der Waals surface area contributed by atoms with Crippen LogP contribution in [0, 0.1) is 0 Å². The van der Waals surface area contributed by atoms with Crippen LogP contribution in [0.1, 0.15) is 13.8 Å². The highest BCUT2D eigenvalue weighted by Gasteiger charge is 2.01. The maximum absolute atomic E-state index is 10.5. The molecule has 0 bridgehead atoms. The van der Waals surface area contributed by atoms with Crippen molar-refractivity contribution in [2.75, 3.05) is 13.3 Å². The van der Waals surface area contributed by atoms with Gasteiger partial charge >= 0.3 is 0 Å². The molecule has 0 aliphatic rings. The third kappa shape index (κ3) is 6.79. The van der Waals surface area contributed by atoms with Gasteiger partial charge in [0.05, 0.1) is 13.3 Å². The van der Waals surface area contributed by atoms with Crippen LogP contribution in [0.3, 0.4) is 0 Å². The van der Waals surface area contributed by atoms with Crippen LogP contribution in [0.15, 0.2) is 0 Å². The molecule has 0 aromatic rings. The third-order valence-electron chi connectivity index (χ3n) is 1.21. The summed E-state index contributed by atoms with van der Waals surface area (Å²) in [6.45, 7) is 2.89. The second-order valence-electron chi connectivity index (χ2n) is 2.48. The van der Waals surface area contributed by atoms with Gasteiger partial charge in [0.15, 0.2) is 0 Å². The average molecular weight is 187 g/mol. The fourth-order valence-electron chi connectivity index (χ4n) is 0.556. The summed E-state index contributed by atoms with van der Waals surface area (Å²) in [5, 5.41) is 4.85. The summed E-state index contributed by atoms with van der Waals surface area (Å²) in [5.41, 5.74) is 0. The van der Waals surface area contributed by atoms with E-state index in [0.717, 1.165) is 0 Å². The maximum Gasteiger partial charge on any atom is 0.218 e. The lowest BCUT2D eigenvalue weighted by atomic mass is 10.6. The molecule has 0 aliphatic carbocycles. The highest BCUT2D eigenvalue weighted by molar-refractivity contribution is 5.73. The lowest BCUT2D eigenvalue weighted by Crippen LogP contribution is -2.42. The first-order valence-electron chi connectivity index (χ1n) is 3.74. The number of hydrogen-bond acceptors (Lipinski definition) is 3. The van der Waals surface area contributed by atoms with Crippen molar-refractivity contribution in [2.45, 2.75) is 13.8 Å². The second kappa shape index (κ2) is 5.99. The van der Waals surface area contributed by atoms with E-state index in [2.05, 4.69) is 10.6 Å². The quantitative estimate of drug-likeness (QED) is 0.412. The van der Waals surface area contributed by atoms with E-state index in [1.54, 1.807) is 0 Å². The minimum absolute atomic E-state index is 0.0963. The van der Waals surface area contributed by atoms with Crippen molar-refractivity contribution in [3.63, 3.8) is 0 Å². The number of amides is 3. The van der Waals surface area contributed by atoms with Crippen LogP contribution in [0.4, 0.5) is 0 Å². The monoisotopic (exact) mass is 187 g/mol. The summed E-state index contributed by atoms with van der Waals surface area (Å²) in [4.78, 5) is 32.5. The normalized spacial score (nSPS) is 8.77. The molecule has 0 rings (SSSR count). The Morgan fingerprint density at radius 3 is 1.77 bits per heavy atom. The van der Waals surface area contributed by atoms with Gasteiger partial charge in [0.25, 0.3) is 0 Å². The molecule has 0 unspecified atom stereocenters. The molecule has 0 saturated heterocycles. The van der Waals surface area contributed by atoms with Crippen molar-refractivity contribution in [3.05, 3.63) is 0 Å². The number of rotatable bonds is 5. The van der Waals surface area contributed by atoms with Crippen LogP contribution >= 0.6 is 0 Å². The van der Waals surface area contributed by atoms with Gasteiger partial charge in [-0.15, -0.1) is 0 Å². The van der Waals surface area contributed by atoms with Crippen LogP contribution in [0.5, 0.6) is 0 Å². The zero-order valence-electron chi connectivity index (χ0n) is 7.66. The summed E-state index contributed by atoms with van der Waals surface area (Å²) >= 11 is 0. The molecule has 0 aromatic carbocycles. The van der Waals surface area contributed by atoms with Gasteiger partial charge in [-0.2, -0.15) is 0 Å². The smallest absolute Gasteiger partial charge is 0.218 e. The van der Waals surface area contributed by atoms with Crippen LogP contribution in [0.25, 0.3) is 0 Å². The van der Waals surface area contributed by atoms with Gasteiger partial charge in [-0.05, 0) is 0 Å². The largest absolute Gasteiger partial charge is 0.339 e. The van der Waals surface area contributed by atoms with Crippen molar-refractivity contribution < 1.29 is 14.4 Å². The fraction of sp³-hybridized carbons (Fsp3) is 0.571. The Bertz CT molecular complexity index is 187. The minimum atomic E-state index is -0.227. The van der Waals surface area contributed by atoms with Gasteiger partial charge in [-0.25, -0.2) is 0 Å². The number of nitrogens with one attached hydrogen (secondary N) is 2. The van der Waals surface area contributed by atoms with Crippen LogP contribution in [0.2, 0.25) is 0 Å². The standard InChI is InChI=1S/C7H13N3O3/c1-6(12)8-3-10(5-11)4-9-7(2)13/h5H,3-4H2,1-2H3,(H,8,12)(H,9,13). The van der Waals surface area contributed by atoms with E-state index >= 15 is 0 Å². The molecular weight excluding hydrogens is 174 g/mol. The lowest BCUT2D eigenvalue weighted by molar-refractivity contribution is -0.123. The van der Waals surface area contributed by atoms with Gasteiger partial charge in [0, 0.05) is 13.8 Å². The van der Waals surface area contributed by atoms with E-state index in [4.69, 9.17) is 0 Å². The van der Waals surface area contributed by atoms with E-state index in [0.29, 0.717) is 6.41 Å². The molecule has 0 radical (unpaired) electrons. The summed E-state index contributed by atoms with van der Waals surface area (Å²) in [6.07, 6.45) is 0.548. The van der Waals surface area contributed by atoms with Crippen molar-refractivity contribution in [2.24, 2.45) is 0 Å². The van der Waals surface area contributed by atoms with Crippen LogP contribution < -0.4 is 10.6 Å². The molecule has 13 heavy (non-hydrogen) atoms. The van der Waals surface area contributed by atoms with E-state index < -0.39 is 0 Å². The summed E-state index contributed by atoms with van der Waals surface area (Å²) in [7, 11) is 0. The molecule has 6 nitrogen and oxygen atoms in total. The van der Waals surface area contributed by atoms with Gasteiger partial charge in [-0.1, -0.05) is 0 Å². The molecule has 0 aromatic heterocycles. The predicted octanol–water partition coefficient (Wildman–Crippen LogP) is -1.37. The molecule has 0 spiro atoms. The molecule has 0 aliphatic heterocycles. The lowest BCUT2D eigenvalue weighted by Gasteiger charge is -2.17. The Hall–Kier alpha value is -1.59. The fourth-order valence-corrected chi connectivity index (χ4v) is 0.556.